The number of aryl methyl sites for hydroxylation is 1. The molecule has 2 aromatic rings. The number of hydrogen-bond donors (Lipinski definition) is 1. The van der Waals surface area contributed by atoms with Crippen LogP contribution in [0.3, 0.4) is 0 Å². The number of hydrogen-bond acceptors (Lipinski definition) is 3. The smallest absolute Gasteiger partial charge is 0.160 e. The summed E-state index contributed by atoms with van der Waals surface area (Å²) in [6.07, 6.45) is 1.82. The first kappa shape index (κ1) is 14.4. The van der Waals surface area contributed by atoms with Crippen molar-refractivity contribution in [3.63, 3.8) is 0 Å². The van der Waals surface area contributed by atoms with Gasteiger partial charge in [-0.3, -0.25) is 0 Å². The van der Waals surface area contributed by atoms with Crippen LogP contribution < -0.4 is 15.2 Å². The SMILES string of the molecule is COc1ccc(CCC(N)c2ccccc2)cc1OC. The molecule has 3 nitrogen and oxygen atoms in total. The second-order valence-electron chi connectivity index (χ2n) is 4.75. The maximum atomic E-state index is 6.21. The van der Waals surface area contributed by atoms with Crippen LogP contribution in [0, 0.1) is 0 Å². The van der Waals surface area contributed by atoms with Gasteiger partial charge in [0.2, 0.25) is 0 Å². The van der Waals surface area contributed by atoms with Gasteiger partial charge in [0.15, 0.2) is 11.5 Å². The lowest BCUT2D eigenvalue weighted by atomic mass is 9.99. The van der Waals surface area contributed by atoms with E-state index in [0.717, 1.165) is 24.3 Å². The zero-order valence-corrected chi connectivity index (χ0v) is 12.0. The van der Waals surface area contributed by atoms with Crippen molar-refractivity contribution in [2.75, 3.05) is 14.2 Å². The molecular formula is C17H21NO2. The zero-order chi connectivity index (χ0) is 14.4. The van der Waals surface area contributed by atoms with Gasteiger partial charge in [-0.15, -0.1) is 0 Å². The highest BCUT2D eigenvalue weighted by molar-refractivity contribution is 5.43. The van der Waals surface area contributed by atoms with E-state index in [2.05, 4.69) is 18.2 Å². The highest BCUT2D eigenvalue weighted by Crippen LogP contribution is 2.28. The molecular weight excluding hydrogens is 250 g/mol. The summed E-state index contributed by atoms with van der Waals surface area (Å²) in [6.45, 7) is 0. The Labute approximate surface area is 120 Å². The summed E-state index contributed by atoms with van der Waals surface area (Å²) in [4.78, 5) is 0. The van der Waals surface area contributed by atoms with E-state index >= 15 is 0 Å². The predicted molar refractivity (Wildman–Crippen MR) is 81.2 cm³/mol. The molecule has 0 fully saturated rings. The van der Waals surface area contributed by atoms with Gasteiger partial charge in [0.1, 0.15) is 0 Å². The Morgan fingerprint density at radius 3 is 2.30 bits per heavy atom. The predicted octanol–water partition coefficient (Wildman–Crippen LogP) is 3.34. The molecule has 0 aliphatic rings. The molecule has 0 heterocycles. The van der Waals surface area contributed by atoms with Crippen molar-refractivity contribution in [3.05, 3.63) is 59.7 Å². The first-order valence-corrected chi connectivity index (χ1v) is 6.76. The van der Waals surface area contributed by atoms with Gasteiger partial charge in [0.05, 0.1) is 14.2 Å². The Hall–Kier alpha value is -2.00. The van der Waals surface area contributed by atoms with E-state index in [1.807, 2.05) is 30.3 Å². The molecule has 0 bridgehead atoms. The van der Waals surface area contributed by atoms with E-state index < -0.39 is 0 Å². The van der Waals surface area contributed by atoms with Crippen molar-refractivity contribution in [3.8, 4) is 11.5 Å². The molecule has 0 saturated heterocycles. The summed E-state index contributed by atoms with van der Waals surface area (Å²) >= 11 is 0. The Morgan fingerprint density at radius 2 is 1.65 bits per heavy atom. The van der Waals surface area contributed by atoms with Gasteiger partial charge in [-0.25, -0.2) is 0 Å². The molecule has 0 aromatic heterocycles. The average molecular weight is 271 g/mol. The maximum Gasteiger partial charge on any atom is 0.160 e. The molecule has 0 aliphatic heterocycles. The van der Waals surface area contributed by atoms with Crippen molar-refractivity contribution in [2.24, 2.45) is 5.73 Å². The number of rotatable bonds is 6. The monoisotopic (exact) mass is 271 g/mol. The van der Waals surface area contributed by atoms with Crippen LogP contribution in [-0.4, -0.2) is 14.2 Å². The number of ether oxygens (including phenoxy) is 2. The Morgan fingerprint density at radius 1 is 0.950 bits per heavy atom. The van der Waals surface area contributed by atoms with Gasteiger partial charge in [-0.1, -0.05) is 36.4 Å². The minimum Gasteiger partial charge on any atom is -0.493 e. The summed E-state index contributed by atoms with van der Waals surface area (Å²) in [5.41, 5.74) is 8.59. The van der Waals surface area contributed by atoms with Gasteiger partial charge in [-0.2, -0.15) is 0 Å². The van der Waals surface area contributed by atoms with Crippen LogP contribution >= 0.6 is 0 Å². The highest BCUT2D eigenvalue weighted by atomic mass is 16.5. The molecule has 0 aliphatic carbocycles. The van der Waals surface area contributed by atoms with Crippen molar-refractivity contribution < 1.29 is 9.47 Å². The number of nitrogens with two attached hydrogens (primary N) is 1. The van der Waals surface area contributed by atoms with Crippen molar-refractivity contribution in [1.82, 2.24) is 0 Å². The lowest BCUT2D eigenvalue weighted by Gasteiger charge is -2.13. The Kier molecular flexibility index (Phi) is 5.02. The molecule has 0 amide bonds. The molecule has 0 spiro atoms. The molecule has 20 heavy (non-hydrogen) atoms. The standard InChI is InChI=1S/C17H21NO2/c1-19-16-11-9-13(12-17(16)20-2)8-10-15(18)14-6-4-3-5-7-14/h3-7,9,11-12,15H,8,10,18H2,1-2H3. The van der Waals surface area contributed by atoms with Crippen molar-refractivity contribution in [2.45, 2.75) is 18.9 Å². The topological polar surface area (TPSA) is 44.5 Å². The lowest BCUT2D eigenvalue weighted by Crippen LogP contribution is -2.11. The first-order chi connectivity index (χ1) is 9.74. The molecule has 1 atom stereocenters. The van der Waals surface area contributed by atoms with Gasteiger partial charge in [0, 0.05) is 6.04 Å². The summed E-state index contributed by atoms with van der Waals surface area (Å²) in [5, 5.41) is 0. The zero-order valence-electron chi connectivity index (χ0n) is 12.0. The van der Waals surface area contributed by atoms with Crippen LogP contribution in [-0.2, 0) is 6.42 Å². The molecule has 106 valence electrons. The summed E-state index contributed by atoms with van der Waals surface area (Å²) in [6, 6.07) is 16.2. The van der Waals surface area contributed by atoms with E-state index in [1.54, 1.807) is 14.2 Å². The minimum absolute atomic E-state index is 0.0595. The summed E-state index contributed by atoms with van der Waals surface area (Å²) < 4.78 is 10.5. The van der Waals surface area contributed by atoms with Crippen LogP contribution in [0.1, 0.15) is 23.6 Å². The molecule has 0 saturated carbocycles. The third-order valence-corrected chi connectivity index (χ3v) is 3.42. The fourth-order valence-electron chi connectivity index (χ4n) is 2.23. The van der Waals surface area contributed by atoms with Crippen LogP contribution in [0.5, 0.6) is 11.5 Å². The van der Waals surface area contributed by atoms with Crippen LogP contribution in [0.2, 0.25) is 0 Å². The molecule has 2 rings (SSSR count). The molecule has 2 N–H and O–H groups in total. The second-order valence-corrected chi connectivity index (χ2v) is 4.75. The Bertz CT molecular complexity index is 540. The van der Waals surface area contributed by atoms with Gasteiger partial charge >= 0.3 is 0 Å². The van der Waals surface area contributed by atoms with E-state index in [1.165, 1.54) is 11.1 Å². The fourth-order valence-corrected chi connectivity index (χ4v) is 2.23. The van der Waals surface area contributed by atoms with Crippen LogP contribution in [0.15, 0.2) is 48.5 Å². The van der Waals surface area contributed by atoms with E-state index in [4.69, 9.17) is 15.2 Å². The third-order valence-electron chi connectivity index (χ3n) is 3.42. The fraction of sp³-hybridized carbons (Fsp3) is 0.294. The van der Waals surface area contributed by atoms with Crippen molar-refractivity contribution >= 4 is 0 Å². The molecule has 2 aromatic carbocycles. The Balaban J connectivity index is 2.00. The second kappa shape index (κ2) is 6.96. The largest absolute Gasteiger partial charge is 0.493 e. The molecule has 3 heteroatoms. The summed E-state index contributed by atoms with van der Waals surface area (Å²) in [5.74, 6) is 1.52. The number of methoxy groups -OCH3 is 2. The maximum absolute atomic E-state index is 6.21. The highest BCUT2D eigenvalue weighted by Gasteiger charge is 2.08. The van der Waals surface area contributed by atoms with Gasteiger partial charge < -0.3 is 15.2 Å². The molecule has 0 radical (unpaired) electrons. The molecule has 1 unspecified atom stereocenters. The van der Waals surface area contributed by atoms with Gasteiger partial charge in [-0.05, 0) is 36.1 Å². The lowest BCUT2D eigenvalue weighted by molar-refractivity contribution is 0.354. The quantitative estimate of drug-likeness (QED) is 0.876. The summed E-state index contributed by atoms with van der Waals surface area (Å²) in [7, 11) is 3.29. The van der Waals surface area contributed by atoms with E-state index in [9.17, 15) is 0 Å². The average Bonchev–Trinajstić information content (AvgIpc) is 2.53. The van der Waals surface area contributed by atoms with Crippen LogP contribution in [0.25, 0.3) is 0 Å². The minimum atomic E-state index is 0.0595. The third kappa shape index (κ3) is 3.52. The van der Waals surface area contributed by atoms with Gasteiger partial charge in [0.25, 0.3) is 0 Å². The van der Waals surface area contributed by atoms with Crippen molar-refractivity contribution in [1.29, 1.82) is 0 Å². The van der Waals surface area contributed by atoms with E-state index in [-0.39, 0.29) is 6.04 Å². The van der Waals surface area contributed by atoms with E-state index in [0.29, 0.717) is 0 Å². The normalized spacial score (nSPS) is 11.9. The van der Waals surface area contributed by atoms with Crippen LogP contribution in [0.4, 0.5) is 0 Å². The first-order valence-electron chi connectivity index (χ1n) is 6.76. The number of benzene rings is 2.